The average molecular weight is 397 g/mol. The molecule has 0 aliphatic carbocycles. The first-order valence-electron chi connectivity index (χ1n) is 9.31. The van der Waals surface area contributed by atoms with Gasteiger partial charge in [0.05, 0.1) is 18.3 Å². The molecule has 30 heavy (non-hydrogen) atoms. The Morgan fingerprint density at radius 3 is 2.70 bits per heavy atom. The Labute approximate surface area is 173 Å². The molecule has 8 heteroatoms. The van der Waals surface area contributed by atoms with Crippen molar-refractivity contribution < 1.29 is 4.79 Å². The van der Waals surface area contributed by atoms with Gasteiger partial charge in [0.25, 0.3) is 0 Å². The van der Waals surface area contributed by atoms with Crippen LogP contribution in [0.15, 0.2) is 48.9 Å². The number of hydrogen-bond donors (Lipinski definition) is 3. The number of aromatic amines is 1. The standard InChI is InChI=1S/C22H19N7O/c1-12-8-16-17(10-26-21(16)25-9-12)19-18(24-3)11-27-22(29-19)28-13(2)14-4-6-15(7-5-14)20(23)30/h4-11,13H,1-2H3,(H2,23,30)(H,25,26)(H,27,28,29)/t13-/m1/s1. The number of H-pyrrole nitrogens is 1. The number of pyridine rings is 1. The fraction of sp³-hybridized carbons (Fsp3) is 0.136. The summed E-state index contributed by atoms with van der Waals surface area (Å²) in [6.45, 7) is 11.4. The third-order valence-corrected chi connectivity index (χ3v) is 4.85. The fourth-order valence-corrected chi connectivity index (χ4v) is 3.24. The molecule has 0 bridgehead atoms. The van der Waals surface area contributed by atoms with Gasteiger partial charge >= 0.3 is 0 Å². The number of hydrogen-bond acceptors (Lipinski definition) is 5. The molecular weight excluding hydrogens is 378 g/mol. The molecule has 0 fully saturated rings. The molecule has 1 atom stereocenters. The van der Waals surface area contributed by atoms with E-state index in [-0.39, 0.29) is 6.04 Å². The van der Waals surface area contributed by atoms with Crippen LogP contribution in [0.1, 0.15) is 34.5 Å². The molecule has 1 aromatic carbocycles. The number of fused-ring (bicyclic) bond motifs is 1. The third-order valence-electron chi connectivity index (χ3n) is 4.85. The molecule has 3 aromatic heterocycles. The zero-order valence-corrected chi connectivity index (χ0v) is 16.5. The number of nitrogens with one attached hydrogen (secondary N) is 2. The normalized spacial score (nSPS) is 11.8. The monoisotopic (exact) mass is 397 g/mol. The van der Waals surface area contributed by atoms with Gasteiger partial charge in [0.2, 0.25) is 17.5 Å². The molecule has 0 unspecified atom stereocenters. The van der Waals surface area contributed by atoms with Crippen molar-refractivity contribution in [3.8, 4) is 11.3 Å². The van der Waals surface area contributed by atoms with Crippen LogP contribution in [-0.2, 0) is 0 Å². The molecule has 0 radical (unpaired) electrons. The van der Waals surface area contributed by atoms with Crippen molar-refractivity contribution in [1.29, 1.82) is 0 Å². The number of nitrogens with two attached hydrogens (primary N) is 1. The van der Waals surface area contributed by atoms with Crippen molar-refractivity contribution in [3.05, 3.63) is 77.0 Å². The topological polar surface area (TPSA) is 114 Å². The Balaban J connectivity index is 1.68. The maximum atomic E-state index is 11.3. The van der Waals surface area contributed by atoms with E-state index in [2.05, 4.69) is 30.1 Å². The quantitative estimate of drug-likeness (QED) is 0.438. The van der Waals surface area contributed by atoms with E-state index in [9.17, 15) is 4.79 Å². The van der Waals surface area contributed by atoms with Gasteiger partial charge < -0.3 is 16.0 Å². The van der Waals surface area contributed by atoms with Crippen molar-refractivity contribution in [3.63, 3.8) is 0 Å². The van der Waals surface area contributed by atoms with Crippen molar-refractivity contribution in [2.75, 3.05) is 5.32 Å². The number of anilines is 1. The predicted octanol–water partition coefficient (Wildman–Crippen LogP) is 4.15. The Hall–Kier alpha value is -4.25. The maximum absolute atomic E-state index is 11.3. The number of aromatic nitrogens is 4. The molecule has 1 amide bonds. The number of primary amides is 1. The number of aryl methyl sites for hydroxylation is 1. The second kappa shape index (κ2) is 7.64. The lowest BCUT2D eigenvalue weighted by Crippen LogP contribution is -2.12. The van der Waals surface area contributed by atoms with E-state index >= 15 is 0 Å². The summed E-state index contributed by atoms with van der Waals surface area (Å²) in [6.07, 6.45) is 5.11. The molecule has 0 saturated heterocycles. The summed E-state index contributed by atoms with van der Waals surface area (Å²) in [5, 5.41) is 4.16. The van der Waals surface area contributed by atoms with Crippen LogP contribution < -0.4 is 11.1 Å². The largest absolute Gasteiger partial charge is 0.366 e. The van der Waals surface area contributed by atoms with E-state index in [0.29, 0.717) is 22.9 Å². The molecule has 4 aromatic rings. The van der Waals surface area contributed by atoms with E-state index in [1.54, 1.807) is 18.3 Å². The summed E-state index contributed by atoms with van der Waals surface area (Å²) in [5.74, 6) is -0.0628. The lowest BCUT2D eigenvalue weighted by Gasteiger charge is -2.15. The minimum atomic E-state index is -0.465. The molecular formula is C22H19N7O. The van der Waals surface area contributed by atoms with Crippen LogP contribution in [0.4, 0.5) is 11.6 Å². The highest BCUT2D eigenvalue weighted by atomic mass is 16.1. The van der Waals surface area contributed by atoms with E-state index in [4.69, 9.17) is 12.3 Å². The number of rotatable bonds is 5. The molecule has 148 valence electrons. The molecule has 0 spiro atoms. The number of benzene rings is 1. The summed E-state index contributed by atoms with van der Waals surface area (Å²) >= 11 is 0. The average Bonchev–Trinajstić information content (AvgIpc) is 3.16. The molecule has 0 aliphatic rings. The smallest absolute Gasteiger partial charge is 0.248 e. The van der Waals surface area contributed by atoms with Gasteiger partial charge in [0.15, 0.2) is 0 Å². The van der Waals surface area contributed by atoms with E-state index in [1.807, 2.05) is 38.2 Å². The first-order chi connectivity index (χ1) is 14.5. The Morgan fingerprint density at radius 1 is 1.23 bits per heavy atom. The summed E-state index contributed by atoms with van der Waals surface area (Å²) in [5.41, 5.74) is 10.2. The third kappa shape index (κ3) is 3.56. The van der Waals surface area contributed by atoms with Gasteiger partial charge in [-0.2, -0.15) is 0 Å². The minimum Gasteiger partial charge on any atom is -0.366 e. The van der Waals surface area contributed by atoms with Crippen LogP contribution in [-0.4, -0.2) is 25.8 Å². The van der Waals surface area contributed by atoms with Crippen molar-refractivity contribution in [2.45, 2.75) is 19.9 Å². The highest BCUT2D eigenvalue weighted by Gasteiger charge is 2.16. The molecule has 3 heterocycles. The lowest BCUT2D eigenvalue weighted by atomic mass is 10.1. The predicted molar refractivity (Wildman–Crippen MR) is 115 cm³/mol. The van der Waals surface area contributed by atoms with Crippen molar-refractivity contribution in [1.82, 2.24) is 19.9 Å². The van der Waals surface area contributed by atoms with Gasteiger partial charge in [-0.05, 0) is 43.2 Å². The SMILES string of the molecule is [C-]#[N+]c1cnc(N[C@H](C)c2ccc(C(N)=O)cc2)nc1-c1c[nH]c2ncc(C)cc12. The van der Waals surface area contributed by atoms with Crippen LogP contribution in [0, 0.1) is 13.5 Å². The molecule has 4 N–H and O–H groups in total. The van der Waals surface area contributed by atoms with Gasteiger partial charge in [0, 0.05) is 35.1 Å². The number of nitrogens with zero attached hydrogens (tertiary/aromatic N) is 4. The maximum Gasteiger partial charge on any atom is 0.248 e. The van der Waals surface area contributed by atoms with Crippen LogP contribution in [0.3, 0.4) is 0 Å². The van der Waals surface area contributed by atoms with Crippen LogP contribution >= 0.6 is 0 Å². The van der Waals surface area contributed by atoms with Gasteiger partial charge in [-0.3, -0.25) is 4.79 Å². The second-order valence-corrected chi connectivity index (χ2v) is 7.00. The fourth-order valence-electron chi connectivity index (χ4n) is 3.24. The van der Waals surface area contributed by atoms with E-state index in [1.165, 1.54) is 6.20 Å². The number of carbonyl (C=O) groups excluding carboxylic acids is 1. The number of amides is 1. The minimum absolute atomic E-state index is 0.120. The number of carbonyl (C=O) groups is 1. The molecule has 4 rings (SSSR count). The molecule has 0 aliphatic heterocycles. The Morgan fingerprint density at radius 2 is 2.00 bits per heavy atom. The summed E-state index contributed by atoms with van der Waals surface area (Å²) < 4.78 is 0. The summed E-state index contributed by atoms with van der Waals surface area (Å²) in [6, 6.07) is 8.93. The zero-order valence-electron chi connectivity index (χ0n) is 16.5. The Bertz CT molecular complexity index is 1290. The van der Waals surface area contributed by atoms with Gasteiger partial charge in [-0.25, -0.2) is 19.8 Å². The first-order valence-corrected chi connectivity index (χ1v) is 9.31. The van der Waals surface area contributed by atoms with Crippen LogP contribution in [0.5, 0.6) is 0 Å². The van der Waals surface area contributed by atoms with E-state index in [0.717, 1.165) is 27.7 Å². The molecule has 8 nitrogen and oxygen atoms in total. The zero-order chi connectivity index (χ0) is 21.3. The molecule has 0 saturated carbocycles. The summed E-state index contributed by atoms with van der Waals surface area (Å²) in [4.78, 5) is 31.3. The van der Waals surface area contributed by atoms with E-state index < -0.39 is 5.91 Å². The first kappa shape index (κ1) is 19.1. The van der Waals surface area contributed by atoms with Gasteiger partial charge in [-0.1, -0.05) is 12.1 Å². The van der Waals surface area contributed by atoms with Crippen molar-refractivity contribution in [2.24, 2.45) is 5.73 Å². The highest BCUT2D eigenvalue weighted by Crippen LogP contribution is 2.34. The van der Waals surface area contributed by atoms with Gasteiger partial charge in [0.1, 0.15) is 5.65 Å². The van der Waals surface area contributed by atoms with Crippen molar-refractivity contribution >= 4 is 28.6 Å². The van der Waals surface area contributed by atoms with Crippen LogP contribution in [0.25, 0.3) is 27.1 Å². The Kier molecular flexibility index (Phi) is 4.86. The van der Waals surface area contributed by atoms with Crippen LogP contribution in [0.2, 0.25) is 0 Å². The van der Waals surface area contributed by atoms with Gasteiger partial charge in [-0.15, -0.1) is 0 Å². The summed E-state index contributed by atoms with van der Waals surface area (Å²) in [7, 11) is 0. The second-order valence-electron chi connectivity index (χ2n) is 7.00. The lowest BCUT2D eigenvalue weighted by molar-refractivity contribution is 0.100. The highest BCUT2D eigenvalue weighted by molar-refractivity contribution is 5.96.